The number of fused-ring (bicyclic) bond motifs is 10. The average Bonchev–Trinajstić information content (AvgIpc) is 3.76. The van der Waals surface area contributed by atoms with Crippen LogP contribution < -0.4 is 0 Å². The zero-order valence-corrected chi connectivity index (χ0v) is 35.2. The molecule has 12 aromatic rings. The number of hydrogen-bond donors (Lipinski definition) is 0. The highest BCUT2D eigenvalue weighted by Gasteiger charge is 2.23. The lowest BCUT2D eigenvalue weighted by atomic mass is 9.84. The summed E-state index contributed by atoms with van der Waals surface area (Å²) >= 11 is 0. The summed E-state index contributed by atoms with van der Waals surface area (Å²) in [5, 5.41) is 13.1. The molecule has 0 unspecified atom stereocenters. The van der Waals surface area contributed by atoms with E-state index in [4.69, 9.17) is 15.0 Å². The SMILES string of the molecule is C=C/C=C(\N=CC)c1nc2c3ccc(-c4ccc5c(-c6ccc7ccccc7c6)c6ccccc6c(-c6ccc7ccccc7c6)c5c4)cc3c3ccccc3n2c1-c1ccccn1. The van der Waals surface area contributed by atoms with Crippen LogP contribution in [0.4, 0.5) is 0 Å². The van der Waals surface area contributed by atoms with Gasteiger partial charge in [0, 0.05) is 23.2 Å². The minimum atomic E-state index is 0.727. The number of pyridine rings is 2. The maximum Gasteiger partial charge on any atom is 0.146 e. The largest absolute Gasteiger partial charge is 0.290 e. The third-order valence-electron chi connectivity index (χ3n) is 12.7. The van der Waals surface area contributed by atoms with Crippen molar-refractivity contribution in [3.8, 4) is 44.8 Å². The van der Waals surface area contributed by atoms with E-state index in [1.807, 2.05) is 37.4 Å². The Morgan fingerprint density at radius 2 is 1.05 bits per heavy atom. The van der Waals surface area contributed by atoms with Crippen LogP contribution in [0.2, 0.25) is 0 Å². The van der Waals surface area contributed by atoms with Gasteiger partial charge in [-0.2, -0.15) is 0 Å². The zero-order valence-electron chi connectivity index (χ0n) is 35.2. The number of benzene rings is 9. The Balaban J connectivity index is 1.14. The molecule has 300 valence electrons. The van der Waals surface area contributed by atoms with Crippen LogP contribution >= 0.6 is 0 Å². The molecule has 0 atom stereocenters. The van der Waals surface area contributed by atoms with E-state index in [2.05, 4.69) is 181 Å². The van der Waals surface area contributed by atoms with E-state index in [0.717, 1.165) is 61.2 Å². The molecule has 0 saturated carbocycles. The minimum Gasteiger partial charge on any atom is -0.290 e. The molecule has 0 saturated heterocycles. The van der Waals surface area contributed by atoms with E-state index >= 15 is 0 Å². The number of aliphatic imine (C=N–C) groups is 1. The summed E-state index contributed by atoms with van der Waals surface area (Å²) in [5.74, 6) is 0. The third kappa shape index (κ3) is 5.95. The zero-order chi connectivity index (χ0) is 42.7. The Labute approximate surface area is 370 Å². The third-order valence-corrected chi connectivity index (χ3v) is 12.7. The fourth-order valence-electron chi connectivity index (χ4n) is 9.89. The Kier molecular flexibility index (Phi) is 8.84. The second kappa shape index (κ2) is 15.2. The summed E-state index contributed by atoms with van der Waals surface area (Å²) in [6.07, 6.45) is 7.31. The van der Waals surface area contributed by atoms with Crippen molar-refractivity contribution in [1.29, 1.82) is 0 Å². The van der Waals surface area contributed by atoms with Crippen LogP contribution in [0.5, 0.6) is 0 Å². The number of rotatable bonds is 7. The van der Waals surface area contributed by atoms with Gasteiger partial charge >= 0.3 is 0 Å². The van der Waals surface area contributed by atoms with Crippen molar-refractivity contribution < 1.29 is 0 Å². The van der Waals surface area contributed by atoms with E-state index in [1.165, 1.54) is 65.3 Å². The summed E-state index contributed by atoms with van der Waals surface area (Å²) in [7, 11) is 0. The molecule has 12 rings (SSSR count). The highest BCUT2D eigenvalue weighted by Crippen LogP contribution is 2.46. The topological polar surface area (TPSA) is 42.5 Å². The van der Waals surface area contributed by atoms with Crippen LogP contribution in [0, 0.1) is 0 Å². The molecule has 64 heavy (non-hydrogen) atoms. The quantitative estimate of drug-likeness (QED) is 0.0696. The van der Waals surface area contributed by atoms with Gasteiger partial charge in [-0.1, -0.05) is 152 Å². The van der Waals surface area contributed by atoms with Gasteiger partial charge in [-0.25, -0.2) is 4.98 Å². The molecule has 4 nitrogen and oxygen atoms in total. The maximum atomic E-state index is 5.39. The summed E-state index contributed by atoms with van der Waals surface area (Å²) < 4.78 is 2.25. The van der Waals surface area contributed by atoms with Crippen molar-refractivity contribution in [1.82, 2.24) is 14.4 Å². The molecule has 0 aliphatic carbocycles. The Morgan fingerprint density at radius 3 is 1.69 bits per heavy atom. The van der Waals surface area contributed by atoms with Crippen LogP contribution in [-0.2, 0) is 0 Å². The predicted octanol–water partition coefficient (Wildman–Crippen LogP) is 15.9. The van der Waals surface area contributed by atoms with E-state index in [1.54, 1.807) is 12.3 Å². The van der Waals surface area contributed by atoms with E-state index in [9.17, 15) is 0 Å². The lowest BCUT2D eigenvalue weighted by Gasteiger charge is -2.19. The molecule has 3 heterocycles. The fourth-order valence-corrected chi connectivity index (χ4v) is 9.89. The summed E-state index contributed by atoms with van der Waals surface area (Å²) in [5.41, 5.74) is 12.3. The van der Waals surface area contributed by atoms with Gasteiger partial charge in [0.1, 0.15) is 17.0 Å². The van der Waals surface area contributed by atoms with Crippen LogP contribution in [0.3, 0.4) is 0 Å². The van der Waals surface area contributed by atoms with Gasteiger partial charge in [0.25, 0.3) is 0 Å². The van der Waals surface area contributed by atoms with E-state index in [-0.39, 0.29) is 0 Å². The first-order valence-electron chi connectivity index (χ1n) is 21.7. The van der Waals surface area contributed by atoms with Crippen LogP contribution in [0.15, 0.2) is 218 Å². The standard InChI is InChI=1S/C60H40N4/c1-3-15-53(61-4-2)58-59(54-23-13-14-33-62-54)64-55-24-12-11-20-46(55)51-36-42(30-32-50(51)60(64)63-58)43-29-31-49-52(37-43)57(45-28-26-39-17-6-8-19-41(39)35-45)48-22-10-9-21-47(48)56(49)44-27-25-38-16-5-7-18-40(38)34-44/h3-37H,1H2,2H3/b53-15-,61-4?. The second-order valence-corrected chi connectivity index (χ2v) is 16.3. The van der Waals surface area contributed by atoms with Crippen LogP contribution in [-0.4, -0.2) is 20.6 Å². The molecule has 0 spiro atoms. The van der Waals surface area contributed by atoms with Crippen molar-refractivity contribution in [3.05, 3.63) is 219 Å². The number of hydrogen-bond acceptors (Lipinski definition) is 3. The molecule has 0 fully saturated rings. The van der Waals surface area contributed by atoms with Crippen molar-refractivity contribution in [2.75, 3.05) is 0 Å². The van der Waals surface area contributed by atoms with Crippen LogP contribution in [0.1, 0.15) is 12.6 Å². The molecule has 3 aromatic heterocycles. The summed E-state index contributed by atoms with van der Waals surface area (Å²) in [6, 6.07) is 68.5. The number of para-hydroxylation sites is 1. The van der Waals surface area contributed by atoms with Gasteiger partial charge in [0.05, 0.1) is 16.9 Å². The van der Waals surface area contributed by atoms with Gasteiger partial charge in [0.2, 0.25) is 0 Å². The fraction of sp³-hybridized carbons (Fsp3) is 0.0167. The number of imidazole rings is 1. The van der Waals surface area contributed by atoms with Crippen molar-refractivity contribution in [2.24, 2.45) is 4.99 Å². The monoisotopic (exact) mass is 816 g/mol. The lowest BCUT2D eigenvalue weighted by Crippen LogP contribution is -1.96. The Bertz CT molecular complexity index is 3930. The highest BCUT2D eigenvalue weighted by atomic mass is 15.1. The van der Waals surface area contributed by atoms with Gasteiger partial charge in [-0.05, 0) is 143 Å². The molecule has 0 amide bonds. The van der Waals surface area contributed by atoms with Crippen molar-refractivity contribution in [3.63, 3.8) is 0 Å². The maximum absolute atomic E-state index is 5.39. The summed E-state index contributed by atoms with van der Waals surface area (Å²) in [4.78, 5) is 15.0. The highest BCUT2D eigenvalue weighted by molar-refractivity contribution is 6.23. The molecule has 4 heteroatoms. The predicted molar refractivity (Wildman–Crippen MR) is 272 cm³/mol. The second-order valence-electron chi connectivity index (χ2n) is 16.3. The van der Waals surface area contributed by atoms with E-state index in [0.29, 0.717) is 0 Å². The summed E-state index contributed by atoms with van der Waals surface area (Å²) in [6.45, 7) is 5.92. The normalized spacial score (nSPS) is 12.2. The van der Waals surface area contributed by atoms with Gasteiger partial charge in [-0.15, -0.1) is 0 Å². The van der Waals surface area contributed by atoms with Crippen LogP contribution in [0.25, 0.3) is 121 Å². The first-order chi connectivity index (χ1) is 31.7. The van der Waals surface area contributed by atoms with Gasteiger partial charge in [0.15, 0.2) is 0 Å². The average molecular weight is 817 g/mol. The molecule has 9 aromatic carbocycles. The molecule has 0 aliphatic rings. The molecule has 0 bridgehead atoms. The molecular weight excluding hydrogens is 777 g/mol. The first kappa shape index (κ1) is 37.3. The Hall–Kier alpha value is -8.47. The minimum absolute atomic E-state index is 0.727. The first-order valence-corrected chi connectivity index (χ1v) is 21.7. The number of aromatic nitrogens is 3. The molecule has 0 radical (unpaired) electrons. The van der Waals surface area contributed by atoms with E-state index < -0.39 is 0 Å². The van der Waals surface area contributed by atoms with Crippen molar-refractivity contribution >= 4 is 82.3 Å². The smallest absolute Gasteiger partial charge is 0.146 e. The number of allylic oxidation sites excluding steroid dienone is 2. The Morgan fingerprint density at radius 1 is 0.500 bits per heavy atom. The molecule has 0 N–H and O–H groups in total. The molecular formula is C60H40N4. The number of nitrogens with zero attached hydrogens (tertiary/aromatic N) is 4. The lowest BCUT2D eigenvalue weighted by molar-refractivity contribution is 1.22. The van der Waals surface area contributed by atoms with Gasteiger partial charge in [-0.3, -0.25) is 14.4 Å². The molecule has 0 aliphatic heterocycles. The van der Waals surface area contributed by atoms with Gasteiger partial charge < -0.3 is 0 Å². The van der Waals surface area contributed by atoms with Crippen molar-refractivity contribution in [2.45, 2.75) is 6.92 Å².